The van der Waals surface area contributed by atoms with Crippen LogP contribution in [-0.2, 0) is 4.79 Å². The number of amides is 1. The fourth-order valence-corrected chi connectivity index (χ4v) is 3.17. The maximum atomic E-state index is 13.2. The first-order valence-corrected chi connectivity index (χ1v) is 8.02. The van der Waals surface area contributed by atoms with Crippen molar-refractivity contribution in [2.24, 2.45) is 0 Å². The number of piperidine rings is 1. The molecule has 0 atom stereocenters. The van der Waals surface area contributed by atoms with Crippen molar-refractivity contribution in [2.45, 2.75) is 32.7 Å². The summed E-state index contributed by atoms with van der Waals surface area (Å²) < 4.78 is 13.2. The molecule has 1 N–H and O–H groups in total. The standard InChI is InChI=1S/C16H22FN3OS/c1-3-18-16(22)20(14-6-4-13(17)5-7-14)15-8-10-19(11-9-15)12(2)21/h4-7,15H,3,8-11H2,1-2H3,(H,18,22). The summed E-state index contributed by atoms with van der Waals surface area (Å²) in [7, 11) is 0. The molecular formula is C16H22FN3OS. The monoisotopic (exact) mass is 323 g/mol. The highest BCUT2D eigenvalue weighted by Gasteiger charge is 2.28. The van der Waals surface area contributed by atoms with Crippen molar-refractivity contribution in [3.8, 4) is 0 Å². The van der Waals surface area contributed by atoms with E-state index in [0.29, 0.717) is 5.11 Å². The number of hydrogen-bond acceptors (Lipinski definition) is 2. The molecule has 22 heavy (non-hydrogen) atoms. The quantitative estimate of drug-likeness (QED) is 0.867. The summed E-state index contributed by atoms with van der Waals surface area (Å²) in [6.07, 6.45) is 1.70. The van der Waals surface area contributed by atoms with Crippen LogP contribution in [0, 0.1) is 5.82 Å². The molecule has 1 aliphatic heterocycles. The lowest BCUT2D eigenvalue weighted by Gasteiger charge is -2.39. The number of benzene rings is 1. The second-order valence-electron chi connectivity index (χ2n) is 5.42. The largest absolute Gasteiger partial charge is 0.363 e. The number of carbonyl (C=O) groups excluding carboxylic acids is 1. The zero-order chi connectivity index (χ0) is 16.1. The summed E-state index contributed by atoms with van der Waals surface area (Å²) in [5.41, 5.74) is 0.883. The second kappa shape index (κ2) is 7.54. The Morgan fingerprint density at radius 3 is 2.45 bits per heavy atom. The van der Waals surface area contributed by atoms with Gasteiger partial charge in [0.15, 0.2) is 5.11 Å². The number of nitrogens with zero attached hydrogens (tertiary/aromatic N) is 2. The van der Waals surface area contributed by atoms with Crippen molar-refractivity contribution in [1.29, 1.82) is 0 Å². The molecule has 0 bridgehead atoms. The van der Waals surface area contributed by atoms with E-state index in [4.69, 9.17) is 12.2 Å². The third kappa shape index (κ3) is 3.94. The Bertz CT molecular complexity index is 527. The zero-order valence-electron chi connectivity index (χ0n) is 13.0. The molecule has 2 rings (SSSR count). The van der Waals surface area contributed by atoms with Crippen molar-refractivity contribution in [3.05, 3.63) is 30.1 Å². The number of rotatable bonds is 3. The third-order valence-corrected chi connectivity index (χ3v) is 4.27. The van der Waals surface area contributed by atoms with E-state index in [0.717, 1.165) is 38.2 Å². The van der Waals surface area contributed by atoms with Gasteiger partial charge >= 0.3 is 0 Å². The smallest absolute Gasteiger partial charge is 0.219 e. The zero-order valence-corrected chi connectivity index (χ0v) is 13.8. The lowest BCUT2D eigenvalue weighted by Crippen LogP contribution is -2.51. The predicted octanol–water partition coefficient (Wildman–Crippen LogP) is 2.54. The normalized spacial score (nSPS) is 15.5. The predicted molar refractivity (Wildman–Crippen MR) is 90.4 cm³/mol. The SMILES string of the molecule is CCNC(=S)N(c1ccc(F)cc1)C1CCN(C(C)=O)CC1. The van der Waals surface area contributed by atoms with Crippen LogP contribution in [0.25, 0.3) is 0 Å². The third-order valence-electron chi connectivity index (χ3n) is 3.93. The second-order valence-corrected chi connectivity index (χ2v) is 5.81. The van der Waals surface area contributed by atoms with E-state index in [1.165, 1.54) is 12.1 Å². The first kappa shape index (κ1) is 16.7. The summed E-state index contributed by atoms with van der Waals surface area (Å²) >= 11 is 5.49. The molecule has 1 aromatic carbocycles. The van der Waals surface area contributed by atoms with Crippen LogP contribution in [0.15, 0.2) is 24.3 Å². The minimum Gasteiger partial charge on any atom is -0.363 e. The lowest BCUT2D eigenvalue weighted by molar-refractivity contribution is -0.129. The van der Waals surface area contributed by atoms with E-state index in [1.54, 1.807) is 19.1 Å². The van der Waals surface area contributed by atoms with Crippen molar-refractivity contribution in [1.82, 2.24) is 10.2 Å². The Morgan fingerprint density at radius 1 is 1.36 bits per heavy atom. The van der Waals surface area contributed by atoms with E-state index in [1.807, 2.05) is 11.8 Å². The topological polar surface area (TPSA) is 35.6 Å². The van der Waals surface area contributed by atoms with Gasteiger partial charge in [0.2, 0.25) is 5.91 Å². The fraction of sp³-hybridized carbons (Fsp3) is 0.500. The minimum absolute atomic E-state index is 0.112. The van der Waals surface area contributed by atoms with Crippen LogP contribution in [0.5, 0.6) is 0 Å². The maximum Gasteiger partial charge on any atom is 0.219 e. The lowest BCUT2D eigenvalue weighted by atomic mass is 10.0. The molecule has 4 nitrogen and oxygen atoms in total. The molecular weight excluding hydrogens is 301 g/mol. The van der Waals surface area contributed by atoms with Gasteiger partial charge in [-0.05, 0) is 56.2 Å². The maximum absolute atomic E-state index is 13.2. The highest BCUT2D eigenvalue weighted by molar-refractivity contribution is 7.80. The Morgan fingerprint density at radius 2 is 1.95 bits per heavy atom. The molecule has 1 aromatic rings. The van der Waals surface area contributed by atoms with Gasteiger partial charge in [0, 0.05) is 38.3 Å². The average molecular weight is 323 g/mol. The van der Waals surface area contributed by atoms with Crippen LogP contribution in [0.1, 0.15) is 26.7 Å². The van der Waals surface area contributed by atoms with Gasteiger partial charge in [-0.3, -0.25) is 4.79 Å². The highest BCUT2D eigenvalue weighted by Crippen LogP contribution is 2.24. The van der Waals surface area contributed by atoms with E-state index in [-0.39, 0.29) is 17.8 Å². The Hall–Kier alpha value is -1.69. The van der Waals surface area contributed by atoms with Gasteiger partial charge in [-0.2, -0.15) is 0 Å². The average Bonchev–Trinajstić information content (AvgIpc) is 2.50. The van der Waals surface area contributed by atoms with E-state index < -0.39 is 0 Å². The number of nitrogens with one attached hydrogen (secondary N) is 1. The Kier molecular flexibility index (Phi) is 5.71. The van der Waals surface area contributed by atoms with Gasteiger partial charge in [-0.1, -0.05) is 0 Å². The van der Waals surface area contributed by atoms with Crippen molar-refractivity contribution < 1.29 is 9.18 Å². The Labute approximate surface area is 136 Å². The molecule has 1 heterocycles. The van der Waals surface area contributed by atoms with Crippen molar-refractivity contribution in [2.75, 3.05) is 24.5 Å². The summed E-state index contributed by atoms with van der Waals surface area (Å²) in [6, 6.07) is 6.60. The molecule has 1 amide bonds. The number of halogens is 1. The summed E-state index contributed by atoms with van der Waals surface area (Å²) in [5, 5.41) is 3.82. The number of hydrogen-bond donors (Lipinski definition) is 1. The van der Waals surface area contributed by atoms with Crippen LogP contribution in [0.4, 0.5) is 10.1 Å². The highest BCUT2D eigenvalue weighted by atomic mass is 32.1. The summed E-state index contributed by atoms with van der Waals surface area (Å²) in [6.45, 7) is 5.79. The molecule has 0 aromatic heterocycles. The molecule has 1 fully saturated rings. The first-order valence-electron chi connectivity index (χ1n) is 7.61. The van der Waals surface area contributed by atoms with Gasteiger partial charge < -0.3 is 15.1 Å². The van der Waals surface area contributed by atoms with Gasteiger partial charge in [0.05, 0.1) is 0 Å². The van der Waals surface area contributed by atoms with Crippen LogP contribution in [0.2, 0.25) is 0 Å². The molecule has 6 heteroatoms. The molecule has 0 unspecified atom stereocenters. The van der Waals surface area contributed by atoms with Crippen molar-refractivity contribution >= 4 is 28.9 Å². The van der Waals surface area contributed by atoms with Gasteiger partial charge in [0.1, 0.15) is 5.82 Å². The Balaban J connectivity index is 2.16. The van der Waals surface area contributed by atoms with E-state index >= 15 is 0 Å². The summed E-state index contributed by atoms with van der Waals surface area (Å²) in [4.78, 5) is 15.4. The van der Waals surface area contributed by atoms with Crippen LogP contribution in [-0.4, -0.2) is 41.6 Å². The van der Waals surface area contributed by atoms with Crippen molar-refractivity contribution in [3.63, 3.8) is 0 Å². The number of carbonyl (C=O) groups is 1. The molecule has 1 saturated heterocycles. The first-order chi connectivity index (χ1) is 10.5. The molecule has 0 aliphatic carbocycles. The minimum atomic E-state index is -0.260. The molecule has 120 valence electrons. The molecule has 1 aliphatic rings. The van der Waals surface area contributed by atoms with Crippen LogP contribution >= 0.6 is 12.2 Å². The fourth-order valence-electron chi connectivity index (χ4n) is 2.77. The van der Waals surface area contributed by atoms with Crippen LogP contribution < -0.4 is 10.2 Å². The van der Waals surface area contributed by atoms with E-state index in [2.05, 4.69) is 10.2 Å². The van der Waals surface area contributed by atoms with Gasteiger partial charge in [-0.15, -0.1) is 0 Å². The number of likely N-dealkylation sites (tertiary alicyclic amines) is 1. The summed E-state index contributed by atoms with van der Waals surface area (Å²) in [5.74, 6) is -0.148. The molecule has 0 spiro atoms. The van der Waals surface area contributed by atoms with Gasteiger partial charge in [-0.25, -0.2) is 4.39 Å². The molecule has 0 saturated carbocycles. The van der Waals surface area contributed by atoms with Crippen LogP contribution in [0.3, 0.4) is 0 Å². The number of thiocarbonyl (C=S) groups is 1. The van der Waals surface area contributed by atoms with Gasteiger partial charge in [0.25, 0.3) is 0 Å². The van der Waals surface area contributed by atoms with E-state index in [9.17, 15) is 9.18 Å². The molecule has 0 radical (unpaired) electrons. The number of anilines is 1.